The standard InChI is InChI=1S/C12H18BrNO/c1-12(2,15)7-10(8-14)9-3-5-11(13)6-4-9/h3-6,10,15H,7-8,14H2,1-2H3. The van der Waals surface area contributed by atoms with E-state index in [1.807, 2.05) is 38.1 Å². The summed E-state index contributed by atoms with van der Waals surface area (Å²) in [5.74, 6) is 0.220. The molecule has 0 fully saturated rings. The maximum atomic E-state index is 9.77. The molecular weight excluding hydrogens is 254 g/mol. The van der Waals surface area contributed by atoms with Crippen LogP contribution in [0, 0.1) is 0 Å². The van der Waals surface area contributed by atoms with E-state index in [1.54, 1.807) is 0 Å². The number of nitrogens with two attached hydrogens (primary N) is 1. The molecule has 1 aromatic rings. The zero-order chi connectivity index (χ0) is 11.5. The van der Waals surface area contributed by atoms with Gasteiger partial charge in [0, 0.05) is 4.47 Å². The Morgan fingerprint density at radius 3 is 2.27 bits per heavy atom. The molecule has 0 aliphatic carbocycles. The van der Waals surface area contributed by atoms with Crippen molar-refractivity contribution in [3.8, 4) is 0 Å². The molecular formula is C12H18BrNO. The van der Waals surface area contributed by atoms with Crippen LogP contribution in [0.2, 0.25) is 0 Å². The van der Waals surface area contributed by atoms with Crippen molar-refractivity contribution < 1.29 is 5.11 Å². The van der Waals surface area contributed by atoms with Gasteiger partial charge in [-0.2, -0.15) is 0 Å². The monoisotopic (exact) mass is 271 g/mol. The first-order chi connectivity index (χ1) is 6.92. The molecule has 0 bridgehead atoms. The molecule has 1 aromatic carbocycles. The van der Waals surface area contributed by atoms with Crippen molar-refractivity contribution in [2.45, 2.75) is 31.8 Å². The van der Waals surface area contributed by atoms with Crippen molar-refractivity contribution in [3.05, 3.63) is 34.3 Å². The molecule has 0 aromatic heterocycles. The Hall–Kier alpha value is -0.380. The topological polar surface area (TPSA) is 46.2 Å². The van der Waals surface area contributed by atoms with Crippen LogP contribution in [0.25, 0.3) is 0 Å². The van der Waals surface area contributed by atoms with Crippen LogP contribution in [0.3, 0.4) is 0 Å². The molecule has 1 atom stereocenters. The Morgan fingerprint density at radius 1 is 1.33 bits per heavy atom. The van der Waals surface area contributed by atoms with E-state index in [4.69, 9.17) is 5.73 Å². The van der Waals surface area contributed by atoms with Crippen LogP contribution in [0.15, 0.2) is 28.7 Å². The third kappa shape index (κ3) is 4.33. The van der Waals surface area contributed by atoms with E-state index in [2.05, 4.69) is 15.9 Å². The van der Waals surface area contributed by atoms with E-state index in [9.17, 15) is 5.11 Å². The van der Waals surface area contributed by atoms with Gasteiger partial charge in [-0.25, -0.2) is 0 Å². The smallest absolute Gasteiger partial charge is 0.0598 e. The quantitative estimate of drug-likeness (QED) is 0.885. The fourth-order valence-corrected chi connectivity index (χ4v) is 1.94. The van der Waals surface area contributed by atoms with E-state index in [0.717, 1.165) is 4.47 Å². The summed E-state index contributed by atoms with van der Waals surface area (Å²) in [5.41, 5.74) is 6.24. The summed E-state index contributed by atoms with van der Waals surface area (Å²) >= 11 is 3.40. The molecule has 0 saturated heterocycles. The van der Waals surface area contributed by atoms with Crippen LogP contribution in [0.1, 0.15) is 31.7 Å². The summed E-state index contributed by atoms with van der Waals surface area (Å²) in [6, 6.07) is 8.10. The number of rotatable bonds is 4. The molecule has 3 heteroatoms. The fourth-order valence-electron chi connectivity index (χ4n) is 1.68. The summed E-state index contributed by atoms with van der Waals surface area (Å²) in [7, 11) is 0. The Labute approximate surface area is 99.6 Å². The van der Waals surface area contributed by atoms with Gasteiger partial charge in [0.1, 0.15) is 0 Å². The summed E-state index contributed by atoms with van der Waals surface area (Å²) < 4.78 is 1.06. The van der Waals surface area contributed by atoms with Gasteiger partial charge in [0.2, 0.25) is 0 Å². The molecule has 1 rings (SSSR count). The number of aliphatic hydroxyl groups is 1. The highest BCUT2D eigenvalue weighted by molar-refractivity contribution is 9.10. The Balaban J connectivity index is 2.79. The minimum absolute atomic E-state index is 0.220. The first-order valence-electron chi connectivity index (χ1n) is 5.10. The van der Waals surface area contributed by atoms with Gasteiger partial charge in [-0.15, -0.1) is 0 Å². The van der Waals surface area contributed by atoms with Gasteiger partial charge in [-0.1, -0.05) is 28.1 Å². The van der Waals surface area contributed by atoms with E-state index in [-0.39, 0.29) is 5.92 Å². The maximum Gasteiger partial charge on any atom is 0.0598 e. The van der Waals surface area contributed by atoms with Crippen LogP contribution in [0.5, 0.6) is 0 Å². The molecule has 0 amide bonds. The Kier molecular flexibility index (Phi) is 4.32. The van der Waals surface area contributed by atoms with Crippen molar-refractivity contribution in [2.24, 2.45) is 5.73 Å². The minimum Gasteiger partial charge on any atom is -0.390 e. The molecule has 0 aliphatic heterocycles. The normalized spacial score (nSPS) is 13.9. The molecule has 84 valence electrons. The molecule has 0 spiro atoms. The average Bonchev–Trinajstić information content (AvgIpc) is 2.14. The van der Waals surface area contributed by atoms with Gasteiger partial charge < -0.3 is 10.8 Å². The van der Waals surface area contributed by atoms with Gasteiger partial charge in [0.05, 0.1) is 5.60 Å². The predicted octanol–water partition coefficient (Wildman–Crippen LogP) is 2.65. The first kappa shape index (κ1) is 12.7. The van der Waals surface area contributed by atoms with Crippen LogP contribution in [0.4, 0.5) is 0 Å². The second kappa shape index (κ2) is 5.10. The Morgan fingerprint density at radius 2 is 1.87 bits per heavy atom. The zero-order valence-corrected chi connectivity index (χ0v) is 10.8. The lowest BCUT2D eigenvalue weighted by Crippen LogP contribution is -2.26. The minimum atomic E-state index is -0.670. The number of hydrogen-bond acceptors (Lipinski definition) is 2. The van der Waals surface area contributed by atoms with Crippen LogP contribution >= 0.6 is 15.9 Å². The third-order valence-corrected chi connectivity index (χ3v) is 2.90. The molecule has 2 nitrogen and oxygen atoms in total. The highest BCUT2D eigenvalue weighted by Crippen LogP contribution is 2.26. The SMILES string of the molecule is CC(C)(O)CC(CN)c1ccc(Br)cc1. The van der Waals surface area contributed by atoms with E-state index < -0.39 is 5.60 Å². The lowest BCUT2D eigenvalue weighted by atomic mass is 9.88. The number of benzene rings is 1. The van der Waals surface area contributed by atoms with Crippen molar-refractivity contribution in [2.75, 3.05) is 6.54 Å². The van der Waals surface area contributed by atoms with Crippen molar-refractivity contribution in [3.63, 3.8) is 0 Å². The van der Waals surface area contributed by atoms with Crippen LogP contribution in [-0.2, 0) is 0 Å². The highest BCUT2D eigenvalue weighted by Gasteiger charge is 2.20. The van der Waals surface area contributed by atoms with Crippen molar-refractivity contribution in [1.29, 1.82) is 0 Å². The van der Waals surface area contributed by atoms with Gasteiger partial charge in [-0.3, -0.25) is 0 Å². The molecule has 1 unspecified atom stereocenters. The largest absolute Gasteiger partial charge is 0.390 e. The zero-order valence-electron chi connectivity index (χ0n) is 9.20. The van der Waals surface area contributed by atoms with Gasteiger partial charge in [-0.05, 0) is 50.4 Å². The van der Waals surface area contributed by atoms with E-state index in [1.165, 1.54) is 5.56 Å². The van der Waals surface area contributed by atoms with Gasteiger partial charge in [0.25, 0.3) is 0 Å². The Bertz CT molecular complexity index is 302. The summed E-state index contributed by atoms with van der Waals surface area (Å²) in [4.78, 5) is 0. The second-order valence-corrected chi connectivity index (χ2v) is 5.42. The summed E-state index contributed by atoms with van der Waals surface area (Å²) in [6.07, 6.45) is 0.686. The van der Waals surface area contributed by atoms with Crippen molar-refractivity contribution in [1.82, 2.24) is 0 Å². The highest BCUT2D eigenvalue weighted by atomic mass is 79.9. The molecule has 0 aliphatic rings. The summed E-state index contributed by atoms with van der Waals surface area (Å²) in [6.45, 7) is 4.19. The third-order valence-electron chi connectivity index (χ3n) is 2.37. The first-order valence-corrected chi connectivity index (χ1v) is 5.89. The second-order valence-electron chi connectivity index (χ2n) is 4.50. The van der Waals surface area contributed by atoms with E-state index in [0.29, 0.717) is 13.0 Å². The lowest BCUT2D eigenvalue weighted by Gasteiger charge is -2.24. The number of halogens is 1. The maximum absolute atomic E-state index is 9.77. The van der Waals surface area contributed by atoms with E-state index >= 15 is 0 Å². The molecule has 0 saturated carbocycles. The number of hydrogen-bond donors (Lipinski definition) is 2. The lowest BCUT2D eigenvalue weighted by molar-refractivity contribution is 0.0637. The average molecular weight is 272 g/mol. The van der Waals surface area contributed by atoms with Crippen LogP contribution < -0.4 is 5.73 Å². The molecule has 0 heterocycles. The summed E-state index contributed by atoms with van der Waals surface area (Å²) in [5, 5.41) is 9.77. The van der Waals surface area contributed by atoms with Crippen LogP contribution in [-0.4, -0.2) is 17.3 Å². The fraction of sp³-hybridized carbons (Fsp3) is 0.500. The molecule has 15 heavy (non-hydrogen) atoms. The van der Waals surface area contributed by atoms with Crippen molar-refractivity contribution >= 4 is 15.9 Å². The van der Waals surface area contributed by atoms with Gasteiger partial charge in [0.15, 0.2) is 0 Å². The van der Waals surface area contributed by atoms with Gasteiger partial charge >= 0.3 is 0 Å². The molecule has 3 N–H and O–H groups in total. The predicted molar refractivity (Wildman–Crippen MR) is 66.9 cm³/mol. The molecule has 0 radical (unpaired) electrons.